The van der Waals surface area contributed by atoms with Crippen LogP contribution >= 0.6 is 0 Å². The Morgan fingerprint density at radius 1 is 1.44 bits per heavy atom. The van der Waals surface area contributed by atoms with Crippen molar-refractivity contribution in [2.24, 2.45) is 5.92 Å². The number of carbonyl (C=O) groups is 2. The van der Waals surface area contributed by atoms with Crippen LogP contribution in [0.4, 0.5) is 0 Å². The number of amides is 1. The van der Waals surface area contributed by atoms with E-state index in [1.165, 1.54) is 0 Å². The maximum atomic E-state index is 11.9. The summed E-state index contributed by atoms with van der Waals surface area (Å²) in [4.78, 5) is 26.3. The summed E-state index contributed by atoms with van der Waals surface area (Å²) in [5.74, 6) is -0.161. The van der Waals surface area contributed by atoms with Crippen LogP contribution < -0.4 is 0 Å². The summed E-state index contributed by atoms with van der Waals surface area (Å²) in [5, 5.41) is 8.64. The molecule has 0 radical (unpaired) electrons. The fourth-order valence-corrected chi connectivity index (χ4v) is 2.21. The smallest absolute Gasteiger partial charge is 0.303 e. The van der Waals surface area contributed by atoms with Gasteiger partial charge in [-0.1, -0.05) is 0 Å². The minimum absolute atomic E-state index is 0.142. The highest BCUT2D eigenvalue weighted by Gasteiger charge is 2.25. The second-order valence-corrected chi connectivity index (χ2v) is 5.42. The van der Waals surface area contributed by atoms with Crippen LogP contribution in [0.2, 0.25) is 0 Å². The maximum Gasteiger partial charge on any atom is 0.303 e. The van der Waals surface area contributed by atoms with Gasteiger partial charge in [-0.3, -0.25) is 14.5 Å². The molecule has 1 fully saturated rings. The van der Waals surface area contributed by atoms with Crippen molar-refractivity contribution in [3.63, 3.8) is 0 Å². The van der Waals surface area contributed by atoms with Gasteiger partial charge in [0.05, 0.1) is 6.54 Å². The Kier molecular flexibility index (Phi) is 5.59. The number of likely N-dealkylation sites (N-methyl/N-ethyl adjacent to an activating group) is 1. The number of hydrogen-bond acceptors (Lipinski definition) is 3. The summed E-state index contributed by atoms with van der Waals surface area (Å²) < 4.78 is 0. The molecule has 0 aromatic rings. The molecule has 1 amide bonds. The first-order valence-electron chi connectivity index (χ1n) is 6.60. The molecule has 0 aromatic carbocycles. The second-order valence-electron chi connectivity index (χ2n) is 5.42. The standard InChI is InChI=1S/C13H24N2O3/c1-10(2)14(3)12(16)9-15-7-6-11(8-15)4-5-13(17)18/h10-11H,4-9H2,1-3H3,(H,17,18). The normalized spacial score (nSPS) is 20.3. The van der Waals surface area contributed by atoms with Gasteiger partial charge >= 0.3 is 5.97 Å². The Balaban J connectivity index is 2.30. The fourth-order valence-electron chi connectivity index (χ4n) is 2.21. The third-order valence-electron chi connectivity index (χ3n) is 3.66. The van der Waals surface area contributed by atoms with Crippen LogP contribution in [0.15, 0.2) is 0 Å². The quantitative estimate of drug-likeness (QED) is 0.771. The third-order valence-corrected chi connectivity index (χ3v) is 3.66. The van der Waals surface area contributed by atoms with Crippen molar-refractivity contribution in [3.05, 3.63) is 0 Å². The number of carboxylic acids is 1. The number of aliphatic carboxylic acids is 1. The lowest BCUT2D eigenvalue weighted by atomic mass is 10.0. The average Bonchev–Trinajstić information content (AvgIpc) is 2.72. The van der Waals surface area contributed by atoms with E-state index in [0.29, 0.717) is 12.5 Å². The number of likely N-dealkylation sites (tertiary alicyclic amines) is 1. The van der Waals surface area contributed by atoms with Gasteiger partial charge in [0.1, 0.15) is 0 Å². The highest BCUT2D eigenvalue weighted by Crippen LogP contribution is 2.20. The van der Waals surface area contributed by atoms with Crippen LogP contribution in [0.5, 0.6) is 0 Å². The Morgan fingerprint density at radius 3 is 2.67 bits per heavy atom. The summed E-state index contributed by atoms with van der Waals surface area (Å²) >= 11 is 0. The molecule has 5 nitrogen and oxygen atoms in total. The first kappa shape index (κ1) is 15.0. The van der Waals surface area contributed by atoms with E-state index in [9.17, 15) is 9.59 Å². The van der Waals surface area contributed by atoms with E-state index < -0.39 is 5.97 Å². The molecule has 1 aliphatic rings. The van der Waals surface area contributed by atoms with Crippen LogP contribution in [0, 0.1) is 5.92 Å². The molecule has 1 rings (SSSR count). The number of nitrogens with zero attached hydrogens (tertiary/aromatic N) is 2. The second kappa shape index (κ2) is 6.73. The van der Waals surface area contributed by atoms with Crippen molar-refractivity contribution in [1.82, 2.24) is 9.80 Å². The van der Waals surface area contributed by atoms with Crippen molar-refractivity contribution in [2.45, 2.75) is 39.2 Å². The zero-order valence-corrected chi connectivity index (χ0v) is 11.6. The molecule has 1 atom stereocenters. The summed E-state index contributed by atoms with van der Waals surface area (Å²) in [7, 11) is 1.82. The summed E-state index contributed by atoms with van der Waals surface area (Å²) in [6, 6.07) is 0.225. The molecule has 0 aromatic heterocycles. The van der Waals surface area contributed by atoms with Crippen LogP contribution in [0.1, 0.15) is 33.1 Å². The van der Waals surface area contributed by atoms with Gasteiger partial charge in [0.2, 0.25) is 5.91 Å². The van der Waals surface area contributed by atoms with Gasteiger partial charge in [-0.05, 0) is 39.2 Å². The van der Waals surface area contributed by atoms with Gasteiger partial charge in [0.15, 0.2) is 0 Å². The Bertz CT molecular complexity index is 305. The molecule has 0 bridgehead atoms. The van der Waals surface area contributed by atoms with Gasteiger partial charge in [0.25, 0.3) is 0 Å². The predicted octanol–water partition coefficient (Wildman–Crippen LogP) is 1.04. The largest absolute Gasteiger partial charge is 0.481 e. The molecule has 104 valence electrons. The predicted molar refractivity (Wildman–Crippen MR) is 69.3 cm³/mol. The van der Waals surface area contributed by atoms with Crippen LogP contribution in [0.25, 0.3) is 0 Å². The van der Waals surface area contributed by atoms with Crippen molar-refractivity contribution >= 4 is 11.9 Å². The van der Waals surface area contributed by atoms with E-state index >= 15 is 0 Å². The molecule has 0 spiro atoms. The van der Waals surface area contributed by atoms with Crippen LogP contribution in [-0.2, 0) is 9.59 Å². The van der Waals surface area contributed by atoms with Crippen LogP contribution in [0.3, 0.4) is 0 Å². The molecular formula is C13H24N2O3. The zero-order valence-electron chi connectivity index (χ0n) is 11.6. The first-order chi connectivity index (χ1) is 8.40. The van der Waals surface area contributed by atoms with Gasteiger partial charge in [-0.25, -0.2) is 0 Å². The number of rotatable bonds is 6. The van der Waals surface area contributed by atoms with Crippen molar-refractivity contribution in [3.8, 4) is 0 Å². The fraction of sp³-hybridized carbons (Fsp3) is 0.846. The third kappa shape index (κ3) is 4.64. The molecule has 1 N–H and O–H groups in total. The van der Waals surface area contributed by atoms with E-state index in [1.54, 1.807) is 4.90 Å². The van der Waals surface area contributed by atoms with E-state index in [0.717, 1.165) is 25.9 Å². The lowest BCUT2D eigenvalue weighted by Gasteiger charge is -2.24. The van der Waals surface area contributed by atoms with Gasteiger partial charge in [0, 0.05) is 26.1 Å². The molecular weight excluding hydrogens is 232 g/mol. The highest BCUT2D eigenvalue weighted by atomic mass is 16.4. The topological polar surface area (TPSA) is 60.9 Å². The summed E-state index contributed by atoms with van der Waals surface area (Å²) in [6.07, 6.45) is 1.96. The van der Waals surface area contributed by atoms with E-state index in [-0.39, 0.29) is 18.4 Å². The minimum Gasteiger partial charge on any atom is -0.481 e. The maximum absolute atomic E-state index is 11.9. The van der Waals surface area contributed by atoms with E-state index in [2.05, 4.69) is 4.90 Å². The van der Waals surface area contributed by atoms with Crippen molar-refractivity contribution < 1.29 is 14.7 Å². The highest BCUT2D eigenvalue weighted by molar-refractivity contribution is 5.78. The Morgan fingerprint density at radius 2 is 2.11 bits per heavy atom. The summed E-state index contributed by atoms with van der Waals surface area (Å²) in [6.45, 7) is 6.21. The van der Waals surface area contributed by atoms with Gasteiger partial charge < -0.3 is 10.0 Å². The molecule has 1 aliphatic heterocycles. The number of hydrogen-bond donors (Lipinski definition) is 1. The monoisotopic (exact) mass is 256 g/mol. The molecule has 5 heteroatoms. The first-order valence-corrected chi connectivity index (χ1v) is 6.60. The number of carboxylic acid groups (broad SMARTS) is 1. The lowest BCUT2D eigenvalue weighted by Crippen LogP contribution is -2.40. The molecule has 0 aliphatic carbocycles. The Hall–Kier alpha value is -1.10. The molecule has 1 unspecified atom stereocenters. The molecule has 0 saturated carbocycles. The van der Waals surface area contributed by atoms with Crippen LogP contribution in [-0.4, -0.2) is 59.5 Å². The average molecular weight is 256 g/mol. The van der Waals surface area contributed by atoms with Crippen molar-refractivity contribution in [2.75, 3.05) is 26.7 Å². The SMILES string of the molecule is CC(C)N(C)C(=O)CN1CCC(CCC(=O)O)C1. The molecule has 18 heavy (non-hydrogen) atoms. The Labute approximate surface area is 109 Å². The summed E-state index contributed by atoms with van der Waals surface area (Å²) in [5.41, 5.74) is 0. The molecule has 1 saturated heterocycles. The van der Waals surface area contributed by atoms with E-state index in [4.69, 9.17) is 5.11 Å². The molecule has 1 heterocycles. The van der Waals surface area contributed by atoms with E-state index in [1.807, 2.05) is 20.9 Å². The zero-order chi connectivity index (χ0) is 13.7. The van der Waals surface area contributed by atoms with Gasteiger partial charge in [-0.2, -0.15) is 0 Å². The van der Waals surface area contributed by atoms with Gasteiger partial charge in [-0.15, -0.1) is 0 Å². The number of carbonyl (C=O) groups excluding carboxylic acids is 1. The minimum atomic E-state index is -0.732. The van der Waals surface area contributed by atoms with Crippen molar-refractivity contribution in [1.29, 1.82) is 0 Å². The lowest BCUT2D eigenvalue weighted by molar-refractivity contribution is -0.137.